The molecule has 0 saturated heterocycles. The van der Waals surface area contributed by atoms with E-state index in [1.165, 1.54) is 35.6 Å². The second kappa shape index (κ2) is 9.44. The van der Waals surface area contributed by atoms with Crippen LogP contribution in [-0.4, -0.2) is 24.4 Å². The second-order valence-electron chi connectivity index (χ2n) is 8.17. The van der Waals surface area contributed by atoms with Gasteiger partial charge in [-0.15, -0.1) is 11.3 Å². The van der Waals surface area contributed by atoms with Crippen LogP contribution in [-0.2, 0) is 10.0 Å². The number of carbonyl (C=O) groups is 1. The van der Waals surface area contributed by atoms with Gasteiger partial charge in [-0.1, -0.05) is 35.9 Å². The number of hydrogen-bond donors (Lipinski definition) is 3. The SMILES string of the molecule is Cc1ccc(S(=O)(=O)Nc2cccc(C(=O)Nc3ccc(O)c(-c4nc5ccccc5s4)c3)c2)cc1. The number of para-hydroxylation sites is 1. The van der Waals surface area contributed by atoms with Gasteiger partial charge >= 0.3 is 0 Å². The third kappa shape index (κ3) is 4.93. The van der Waals surface area contributed by atoms with Crippen molar-refractivity contribution in [3.05, 3.63) is 102 Å². The summed E-state index contributed by atoms with van der Waals surface area (Å²) in [5, 5.41) is 13.9. The highest BCUT2D eigenvalue weighted by Crippen LogP contribution is 2.36. The third-order valence-electron chi connectivity index (χ3n) is 5.49. The quantitative estimate of drug-likeness (QED) is 0.239. The number of aromatic hydroxyl groups is 1. The fourth-order valence-corrected chi connectivity index (χ4v) is 5.67. The number of thiazole rings is 1. The molecule has 5 aromatic rings. The van der Waals surface area contributed by atoms with E-state index < -0.39 is 15.9 Å². The molecule has 1 aromatic heterocycles. The van der Waals surface area contributed by atoms with E-state index in [9.17, 15) is 18.3 Å². The number of sulfonamides is 1. The Morgan fingerprint density at radius 1 is 0.889 bits per heavy atom. The van der Waals surface area contributed by atoms with Gasteiger partial charge in [-0.25, -0.2) is 13.4 Å². The van der Waals surface area contributed by atoms with E-state index in [1.54, 1.807) is 42.5 Å². The first-order chi connectivity index (χ1) is 17.3. The zero-order chi connectivity index (χ0) is 25.3. The van der Waals surface area contributed by atoms with Gasteiger partial charge in [0.1, 0.15) is 10.8 Å². The molecular weight excluding hydrogens is 494 g/mol. The molecule has 9 heteroatoms. The van der Waals surface area contributed by atoms with E-state index >= 15 is 0 Å². The summed E-state index contributed by atoms with van der Waals surface area (Å²) >= 11 is 1.45. The molecule has 1 heterocycles. The minimum absolute atomic E-state index is 0.0552. The highest BCUT2D eigenvalue weighted by atomic mass is 32.2. The largest absolute Gasteiger partial charge is 0.507 e. The van der Waals surface area contributed by atoms with E-state index in [0.29, 0.717) is 16.3 Å². The van der Waals surface area contributed by atoms with Gasteiger partial charge in [0.2, 0.25) is 0 Å². The maximum Gasteiger partial charge on any atom is 0.261 e. The van der Waals surface area contributed by atoms with Crippen LogP contribution in [0.3, 0.4) is 0 Å². The summed E-state index contributed by atoms with van der Waals surface area (Å²) in [5.41, 5.74) is 3.30. The van der Waals surface area contributed by atoms with Gasteiger partial charge in [0.25, 0.3) is 15.9 Å². The summed E-state index contributed by atoms with van der Waals surface area (Å²) in [4.78, 5) is 17.7. The van der Waals surface area contributed by atoms with Crippen molar-refractivity contribution in [1.82, 2.24) is 4.98 Å². The van der Waals surface area contributed by atoms with Gasteiger partial charge in [0.05, 0.1) is 20.7 Å². The van der Waals surface area contributed by atoms with Crippen LogP contribution in [0.25, 0.3) is 20.8 Å². The molecule has 1 amide bonds. The van der Waals surface area contributed by atoms with Crippen molar-refractivity contribution in [3.63, 3.8) is 0 Å². The van der Waals surface area contributed by atoms with Crippen molar-refractivity contribution >= 4 is 48.9 Å². The lowest BCUT2D eigenvalue weighted by Gasteiger charge is -2.11. The number of carbonyl (C=O) groups excluding carboxylic acids is 1. The zero-order valence-electron chi connectivity index (χ0n) is 19.1. The standard InChI is InChI=1S/C27H21N3O4S2/c1-17-9-12-21(13-10-17)36(33,34)30-20-6-4-5-18(15-20)26(32)28-19-11-14-24(31)22(16-19)27-29-23-7-2-3-8-25(23)35-27/h2-16,30-31H,1H3,(H,28,32). The monoisotopic (exact) mass is 515 g/mol. The molecule has 0 spiro atoms. The predicted molar refractivity (Wildman–Crippen MR) is 143 cm³/mol. The first-order valence-electron chi connectivity index (χ1n) is 11.0. The molecule has 0 atom stereocenters. The average molecular weight is 516 g/mol. The third-order valence-corrected chi connectivity index (χ3v) is 7.95. The number of nitrogens with zero attached hydrogens (tertiary/aromatic N) is 1. The molecule has 0 aliphatic heterocycles. The van der Waals surface area contributed by atoms with E-state index in [0.717, 1.165) is 15.8 Å². The smallest absolute Gasteiger partial charge is 0.261 e. The number of aryl methyl sites for hydroxylation is 1. The lowest BCUT2D eigenvalue weighted by molar-refractivity contribution is 0.102. The van der Waals surface area contributed by atoms with Gasteiger partial charge in [-0.3, -0.25) is 9.52 Å². The van der Waals surface area contributed by atoms with Crippen LogP contribution in [0.2, 0.25) is 0 Å². The normalized spacial score (nSPS) is 11.4. The Kier molecular flexibility index (Phi) is 6.17. The molecule has 0 aliphatic rings. The minimum Gasteiger partial charge on any atom is -0.507 e. The van der Waals surface area contributed by atoms with Crippen LogP contribution >= 0.6 is 11.3 Å². The fourth-order valence-electron chi connectivity index (χ4n) is 3.63. The van der Waals surface area contributed by atoms with Crippen molar-refractivity contribution in [1.29, 1.82) is 0 Å². The number of phenolic OH excluding ortho intramolecular Hbond substituents is 1. The molecule has 0 fully saturated rings. The number of phenols is 1. The minimum atomic E-state index is -3.80. The number of nitrogens with one attached hydrogen (secondary N) is 2. The molecule has 0 radical (unpaired) electrons. The van der Waals surface area contributed by atoms with Gasteiger partial charge in [0.15, 0.2) is 0 Å². The van der Waals surface area contributed by atoms with Crippen molar-refractivity contribution < 1.29 is 18.3 Å². The molecule has 0 bridgehead atoms. The van der Waals surface area contributed by atoms with Crippen molar-refractivity contribution in [2.24, 2.45) is 0 Å². The van der Waals surface area contributed by atoms with Crippen molar-refractivity contribution in [2.45, 2.75) is 11.8 Å². The maximum absolute atomic E-state index is 12.9. The van der Waals surface area contributed by atoms with Crippen LogP contribution in [0.5, 0.6) is 5.75 Å². The van der Waals surface area contributed by atoms with Crippen molar-refractivity contribution in [2.75, 3.05) is 10.0 Å². The van der Waals surface area contributed by atoms with Gasteiger partial charge in [0, 0.05) is 16.9 Å². The molecular formula is C27H21N3O4S2. The Morgan fingerprint density at radius 3 is 2.44 bits per heavy atom. The molecule has 0 saturated carbocycles. The van der Waals surface area contributed by atoms with Crippen LogP contribution in [0.4, 0.5) is 11.4 Å². The van der Waals surface area contributed by atoms with Crippen LogP contribution in [0, 0.1) is 6.92 Å². The number of anilines is 2. The second-order valence-corrected chi connectivity index (χ2v) is 10.9. The van der Waals surface area contributed by atoms with Crippen LogP contribution < -0.4 is 10.0 Å². The number of fused-ring (bicyclic) bond motifs is 1. The summed E-state index contributed by atoms with van der Waals surface area (Å²) in [7, 11) is -3.80. The first-order valence-corrected chi connectivity index (χ1v) is 13.3. The summed E-state index contributed by atoms with van der Waals surface area (Å²) in [6.45, 7) is 1.88. The zero-order valence-corrected chi connectivity index (χ0v) is 20.7. The Labute approximate surface area is 212 Å². The molecule has 36 heavy (non-hydrogen) atoms. The number of amides is 1. The van der Waals surface area contributed by atoms with Gasteiger partial charge in [-0.2, -0.15) is 0 Å². The Balaban J connectivity index is 1.36. The summed E-state index contributed by atoms with van der Waals surface area (Å²) < 4.78 is 28.9. The first kappa shape index (κ1) is 23.5. The lowest BCUT2D eigenvalue weighted by atomic mass is 10.1. The average Bonchev–Trinajstić information content (AvgIpc) is 3.29. The van der Waals surface area contributed by atoms with Gasteiger partial charge < -0.3 is 10.4 Å². The topological polar surface area (TPSA) is 108 Å². The highest BCUT2D eigenvalue weighted by molar-refractivity contribution is 7.92. The number of hydrogen-bond acceptors (Lipinski definition) is 6. The van der Waals surface area contributed by atoms with E-state index in [-0.39, 0.29) is 21.9 Å². The lowest BCUT2D eigenvalue weighted by Crippen LogP contribution is -2.15. The molecule has 0 unspecified atom stereocenters. The molecule has 180 valence electrons. The fraction of sp³-hybridized carbons (Fsp3) is 0.0370. The molecule has 5 rings (SSSR count). The summed E-state index contributed by atoms with van der Waals surface area (Å²) in [5.74, 6) is -0.369. The summed E-state index contributed by atoms with van der Waals surface area (Å²) in [6, 6.07) is 25.2. The van der Waals surface area contributed by atoms with E-state index in [2.05, 4.69) is 15.0 Å². The molecule has 7 nitrogen and oxygen atoms in total. The van der Waals surface area contributed by atoms with Crippen molar-refractivity contribution in [3.8, 4) is 16.3 Å². The van der Waals surface area contributed by atoms with E-state index in [1.807, 2.05) is 31.2 Å². The molecule has 4 aromatic carbocycles. The summed E-state index contributed by atoms with van der Waals surface area (Å²) in [6.07, 6.45) is 0. The maximum atomic E-state index is 12.9. The number of aromatic nitrogens is 1. The van der Waals surface area contributed by atoms with Gasteiger partial charge in [-0.05, 0) is 67.6 Å². The van der Waals surface area contributed by atoms with Crippen LogP contribution in [0.15, 0.2) is 95.9 Å². The highest BCUT2D eigenvalue weighted by Gasteiger charge is 2.16. The molecule has 3 N–H and O–H groups in total. The Hall–Kier alpha value is -4.21. The number of rotatable bonds is 6. The Bertz CT molecular complexity index is 1660. The number of benzene rings is 4. The Morgan fingerprint density at radius 2 is 1.67 bits per heavy atom. The predicted octanol–water partition coefficient (Wildman–Crippen LogP) is 6.03. The van der Waals surface area contributed by atoms with E-state index in [4.69, 9.17) is 0 Å². The molecule has 0 aliphatic carbocycles. The van der Waals surface area contributed by atoms with Crippen LogP contribution in [0.1, 0.15) is 15.9 Å².